The summed E-state index contributed by atoms with van der Waals surface area (Å²) in [4.78, 5) is 24.3. The minimum atomic E-state index is -0.407. The summed E-state index contributed by atoms with van der Waals surface area (Å²) in [7, 11) is 1.35. The topological polar surface area (TPSA) is 67.9 Å². The van der Waals surface area contributed by atoms with E-state index in [1.807, 2.05) is 12.1 Å². The zero-order valence-electron chi connectivity index (χ0n) is 9.81. The molecule has 0 amide bonds. The van der Waals surface area contributed by atoms with Crippen molar-refractivity contribution >= 4 is 44.4 Å². The van der Waals surface area contributed by atoms with Gasteiger partial charge in [0.25, 0.3) is 0 Å². The summed E-state index contributed by atoms with van der Waals surface area (Å²) in [5.74, 6) is 0.282. The maximum atomic E-state index is 11.7. The SMILES string of the molecule is COC(=O)c1ccnc2nc(-c3ccc(Br)s3)[nH]c12. The average Bonchev–Trinajstić information content (AvgIpc) is 3.02. The number of hydrogen-bond donors (Lipinski definition) is 1. The van der Waals surface area contributed by atoms with Crippen molar-refractivity contribution in [2.24, 2.45) is 0 Å². The molecule has 1 N–H and O–H groups in total. The van der Waals surface area contributed by atoms with Crippen LogP contribution in [0, 0.1) is 0 Å². The third-order valence-corrected chi connectivity index (χ3v) is 4.23. The number of methoxy groups -OCH3 is 1. The second-order valence-corrected chi connectivity index (χ2v) is 6.20. The van der Waals surface area contributed by atoms with Crippen LogP contribution in [0.1, 0.15) is 10.4 Å². The molecule has 3 aromatic rings. The molecule has 0 spiro atoms. The molecular weight excluding hydrogens is 330 g/mol. The molecule has 0 saturated carbocycles. The van der Waals surface area contributed by atoms with Crippen molar-refractivity contribution in [3.8, 4) is 10.7 Å². The van der Waals surface area contributed by atoms with E-state index in [2.05, 4.69) is 30.9 Å². The summed E-state index contributed by atoms with van der Waals surface area (Å²) in [6, 6.07) is 5.51. The van der Waals surface area contributed by atoms with Crippen molar-refractivity contribution in [2.75, 3.05) is 7.11 Å². The molecule has 0 bridgehead atoms. The second-order valence-electron chi connectivity index (χ2n) is 3.74. The fourth-order valence-corrected chi connectivity index (χ4v) is 3.08. The first kappa shape index (κ1) is 12.3. The van der Waals surface area contributed by atoms with E-state index in [0.29, 0.717) is 22.6 Å². The van der Waals surface area contributed by atoms with Crippen LogP contribution >= 0.6 is 27.3 Å². The number of ether oxygens (including phenoxy) is 1. The van der Waals surface area contributed by atoms with Crippen LogP contribution in [0.5, 0.6) is 0 Å². The molecule has 5 nitrogen and oxygen atoms in total. The molecule has 96 valence electrons. The highest BCUT2D eigenvalue weighted by Crippen LogP contribution is 2.30. The lowest BCUT2D eigenvalue weighted by Gasteiger charge is -1.98. The molecule has 19 heavy (non-hydrogen) atoms. The molecule has 0 aliphatic carbocycles. The van der Waals surface area contributed by atoms with Gasteiger partial charge in [-0.15, -0.1) is 11.3 Å². The Balaban J connectivity index is 2.18. The number of carbonyl (C=O) groups excluding carboxylic acids is 1. The van der Waals surface area contributed by atoms with Gasteiger partial charge in [-0.05, 0) is 34.1 Å². The van der Waals surface area contributed by atoms with Crippen LogP contribution in [-0.4, -0.2) is 28.0 Å². The van der Waals surface area contributed by atoms with Crippen LogP contribution in [-0.2, 0) is 4.74 Å². The zero-order valence-corrected chi connectivity index (χ0v) is 12.2. The first-order chi connectivity index (χ1) is 9.19. The first-order valence-electron chi connectivity index (χ1n) is 5.38. The number of carbonyl (C=O) groups is 1. The van der Waals surface area contributed by atoms with Crippen molar-refractivity contribution in [3.63, 3.8) is 0 Å². The predicted octanol–water partition coefficient (Wildman–Crippen LogP) is 3.24. The van der Waals surface area contributed by atoms with Gasteiger partial charge in [0.2, 0.25) is 0 Å². The number of hydrogen-bond acceptors (Lipinski definition) is 5. The standard InChI is InChI=1S/C12H8BrN3O2S/c1-18-12(17)6-4-5-14-11-9(6)15-10(16-11)7-2-3-8(13)19-7/h2-5H,1H3,(H,14,15,16). The van der Waals surface area contributed by atoms with Crippen LogP contribution in [0.15, 0.2) is 28.2 Å². The van der Waals surface area contributed by atoms with Gasteiger partial charge in [-0.1, -0.05) is 0 Å². The minimum absolute atomic E-state index is 0.407. The molecule has 0 saturated heterocycles. The van der Waals surface area contributed by atoms with Gasteiger partial charge in [0.15, 0.2) is 11.5 Å². The smallest absolute Gasteiger partial charge is 0.340 e. The number of fused-ring (bicyclic) bond motifs is 1. The molecule has 0 aliphatic rings. The summed E-state index contributed by atoms with van der Waals surface area (Å²) < 4.78 is 5.76. The maximum Gasteiger partial charge on any atom is 0.340 e. The number of pyridine rings is 1. The maximum absolute atomic E-state index is 11.7. The van der Waals surface area contributed by atoms with E-state index in [0.717, 1.165) is 8.66 Å². The highest BCUT2D eigenvalue weighted by Gasteiger charge is 2.15. The molecular formula is C12H8BrN3O2S. The largest absolute Gasteiger partial charge is 0.465 e. The Morgan fingerprint density at radius 2 is 2.26 bits per heavy atom. The number of imidazole rings is 1. The number of nitrogens with one attached hydrogen (secondary N) is 1. The minimum Gasteiger partial charge on any atom is -0.465 e. The fourth-order valence-electron chi connectivity index (χ4n) is 1.75. The normalized spacial score (nSPS) is 10.8. The van der Waals surface area contributed by atoms with Gasteiger partial charge in [0.1, 0.15) is 0 Å². The average molecular weight is 338 g/mol. The lowest BCUT2D eigenvalue weighted by Crippen LogP contribution is -2.02. The zero-order chi connectivity index (χ0) is 13.4. The molecule has 0 fully saturated rings. The molecule has 3 rings (SSSR count). The third-order valence-electron chi connectivity index (χ3n) is 2.60. The number of aromatic nitrogens is 3. The van der Waals surface area contributed by atoms with Gasteiger partial charge < -0.3 is 9.72 Å². The van der Waals surface area contributed by atoms with Gasteiger partial charge in [-0.25, -0.2) is 14.8 Å². The van der Waals surface area contributed by atoms with Crippen LogP contribution in [0.3, 0.4) is 0 Å². The molecule has 3 aromatic heterocycles. The fraction of sp³-hybridized carbons (Fsp3) is 0.0833. The van der Waals surface area contributed by atoms with Gasteiger partial charge >= 0.3 is 5.97 Å². The predicted molar refractivity (Wildman–Crippen MR) is 76.2 cm³/mol. The quantitative estimate of drug-likeness (QED) is 0.729. The highest BCUT2D eigenvalue weighted by molar-refractivity contribution is 9.11. The van der Waals surface area contributed by atoms with E-state index in [-0.39, 0.29) is 0 Å². The molecule has 3 heterocycles. The van der Waals surface area contributed by atoms with Crippen molar-refractivity contribution in [1.82, 2.24) is 15.0 Å². The Labute approximate surface area is 120 Å². The molecule has 0 aliphatic heterocycles. The van der Waals surface area contributed by atoms with E-state index >= 15 is 0 Å². The summed E-state index contributed by atoms with van der Waals surface area (Å²) in [5, 5.41) is 0. The lowest BCUT2D eigenvalue weighted by molar-refractivity contribution is 0.0602. The van der Waals surface area contributed by atoms with Gasteiger partial charge in [-0.3, -0.25) is 0 Å². The first-order valence-corrected chi connectivity index (χ1v) is 6.98. The van der Waals surface area contributed by atoms with Crippen LogP contribution in [0.4, 0.5) is 0 Å². The Bertz CT molecular complexity index is 765. The number of rotatable bonds is 2. The van der Waals surface area contributed by atoms with Crippen molar-refractivity contribution in [2.45, 2.75) is 0 Å². The summed E-state index contributed by atoms with van der Waals surface area (Å²) in [6.45, 7) is 0. The number of aromatic amines is 1. The van der Waals surface area contributed by atoms with Crippen molar-refractivity contribution < 1.29 is 9.53 Å². The monoisotopic (exact) mass is 337 g/mol. The van der Waals surface area contributed by atoms with E-state index < -0.39 is 5.97 Å². The third kappa shape index (κ3) is 2.15. The van der Waals surface area contributed by atoms with Gasteiger partial charge in [0.05, 0.1) is 26.9 Å². The van der Waals surface area contributed by atoms with Crippen LogP contribution in [0.2, 0.25) is 0 Å². The molecule has 0 radical (unpaired) electrons. The second kappa shape index (κ2) is 4.75. The number of esters is 1. The number of nitrogens with zero attached hydrogens (tertiary/aromatic N) is 2. The van der Waals surface area contributed by atoms with Crippen LogP contribution < -0.4 is 0 Å². The Morgan fingerprint density at radius 3 is 2.95 bits per heavy atom. The Morgan fingerprint density at radius 1 is 1.42 bits per heavy atom. The summed E-state index contributed by atoms with van der Waals surface area (Å²) in [6.07, 6.45) is 1.55. The van der Waals surface area contributed by atoms with E-state index in [4.69, 9.17) is 4.74 Å². The number of halogens is 1. The Kier molecular flexibility index (Phi) is 3.08. The lowest BCUT2D eigenvalue weighted by atomic mass is 10.2. The van der Waals surface area contributed by atoms with Crippen molar-refractivity contribution in [3.05, 3.63) is 33.7 Å². The van der Waals surface area contributed by atoms with Crippen LogP contribution in [0.25, 0.3) is 21.9 Å². The summed E-state index contributed by atoms with van der Waals surface area (Å²) in [5.41, 5.74) is 1.53. The van der Waals surface area contributed by atoms with E-state index in [1.54, 1.807) is 23.6 Å². The number of H-pyrrole nitrogens is 1. The molecule has 7 heteroatoms. The Hall–Kier alpha value is -1.73. The van der Waals surface area contributed by atoms with Gasteiger partial charge in [0, 0.05) is 6.20 Å². The number of thiophene rings is 1. The molecule has 0 aromatic carbocycles. The van der Waals surface area contributed by atoms with E-state index in [1.165, 1.54) is 7.11 Å². The summed E-state index contributed by atoms with van der Waals surface area (Å²) >= 11 is 4.96. The highest BCUT2D eigenvalue weighted by atomic mass is 79.9. The van der Waals surface area contributed by atoms with Gasteiger partial charge in [-0.2, -0.15) is 0 Å². The molecule has 0 atom stereocenters. The van der Waals surface area contributed by atoms with E-state index in [9.17, 15) is 4.79 Å². The van der Waals surface area contributed by atoms with Crippen molar-refractivity contribution in [1.29, 1.82) is 0 Å². The molecule has 0 unspecified atom stereocenters.